The minimum atomic E-state index is -0.950. The van der Waals surface area contributed by atoms with E-state index in [9.17, 15) is 14.7 Å². The van der Waals surface area contributed by atoms with Gasteiger partial charge in [-0.15, -0.1) is 11.8 Å². The van der Waals surface area contributed by atoms with E-state index >= 15 is 0 Å². The van der Waals surface area contributed by atoms with E-state index in [4.69, 9.17) is 10.5 Å². The van der Waals surface area contributed by atoms with Crippen molar-refractivity contribution in [3.05, 3.63) is 0 Å². The molecule has 0 spiro atoms. The lowest BCUT2D eigenvalue weighted by Crippen LogP contribution is -2.52. The van der Waals surface area contributed by atoms with Gasteiger partial charge in [-0.05, 0) is 19.3 Å². The van der Waals surface area contributed by atoms with Gasteiger partial charge in [0.05, 0.1) is 11.4 Å². The highest BCUT2D eigenvalue weighted by Crippen LogP contribution is 2.32. The van der Waals surface area contributed by atoms with Gasteiger partial charge in [-0.1, -0.05) is 13.3 Å². The second kappa shape index (κ2) is 8.49. The van der Waals surface area contributed by atoms with Crippen LogP contribution >= 0.6 is 11.8 Å². The maximum absolute atomic E-state index is 12.4. The van der Waals surface area contributed by atoms with Crippen LogP contribution in [0.25, 0.3) is 0 Å². The molecule has 3 atom stereocenters. The Labute approximate surface area is 124 Å². The zero-order valence-corrected chi connectivity index (χ0v) is 12.9. The number of thioether (sulfide) groups is 1. The van der Waals surface area contributed by atoms with Crippen LogP contribution in [0.5, 0.6) is 0 Å². The molecule has 20 heavy (non-hydrogen) atoms. The number of aliphatic carboxylic acids is 1. The maximum atomic E-state index is 12.4. The molecule has 1 amide bonds. The minimum Gasteiger partial charge on any atom is -0.480 e. The number of nitrogens with two attached hydrogens (primary N) is 1. The molecule has 3 unspecified atom stereocenters. The number of carboxylic acids is 1. The standard InChI is InChI=1S/C13H24N2O4S/c1-3-5-11-15(10(8-20-11)13(17)18)12(16)9(14)6-4-7-19-2/h9-11H,3-8,14H2,1-2H3,(H,17,18). The summed E-state index contributed by atoms with van der Waals surface area (Å²) in [6, 6.07) is -1.40. The Bertz CT molecular complexity index is 340. The second-order valence-corrected chi connectivity index (χ2v) is 6.13. The van der Waals surface area contributed by atoms with Crippen molar-refractivity contribution in [3.63, 3.8) is 0 Å². The zero-order chi connectivity index (χ0) is 15.1. The van der Waals surface area contributed by atoms with Gasteiger partial charge in [0, 0.05) is 19.5 Å². The lowest BCUT2D eigenvalue weighted by Gasteiger charge is -2.29. The van der Waals surface area contributed by atoms with Gasteiger partial charge >= 0.3 is 5.97 Å². The molecule has 0 aromatic carbocycles. The van der Waals surface area contributed by atoms with Crippen molar-refractivity contribution in [2.45, 2.75) is 50.1 Å². The van der Waals surface area contributed by atoms with Crippen molar-refractivity contribution in [2.75, 3.05) is 19.5 Å². The Hall–Kier alpha value is -0.790. The lowest BCUT2D eigenvalue weighted by molar-refractivity contribution is -0.149. The highest BCUT2D eigenvalue weighted by molar-refractivity contribution is 8.00. The first kappa shape index (κ1) is 17.3. The number of carbonyl (C=O) groups excluding carboxylic acids is 1. The quantitative estimate of drug-likeness (QED) is 0.647. The largest absolute Gasteiger partial charge is 0.480 e. The fourth-order valence-corrected chi connectivity index (χ4v) is 3.80. The van der Waals surface area contributed by atoms with Crippen molar-refractivity contribution < 1.29 is 19.4 Å². The summed E-state index contributed by atoms with van der Waals surface area (Å²) in [5.74, 6) is -0.762. The first-order chi connectivity index (χ1) is 9.52. The molecule has 0 bridgehead atoms. The van der Waals surface area contributed by atoms with Crippen LogP contribution in [0, 0.1) is 0 Å². The number of hydrogen-bond donors (Lipinski definition) is 2. The second-order valence-electron chi connectivity index (χ2n) is 4.92. The summed E-state index contributed by atoms with van der Waals surface area (Å²) in [7, 11) is 1.60. The van der Waals surface area contributed by atoms with Gasteiger partial charge in [0.15, 0.2) is 0 Å². The van der Waals surface area contributed by atoms with Crippen LogP contribution in [0.2, 0.25) is 0 Å². The van der Waals surface area contributed by atoms with Crippen molar-refractivity contribution >= 4 is 23.6 Å². The van der Waals surface area contributed by atoms with E-state index in [0.717, 1.165) is 12.8 Å². The first-order valence-electron chi connectivity index (χ1n) is 6.94. The summed E-state index contributed by atoms with van der Waals surface area (Å²) in [5.41, 5.74) is 5.91. The summed E-state index contributed by atoms with van der Waals surface area (Å²) < 4.78 is 4.94. The number of carboxylic acid groups (broad SMARTS) is 1. The molecule has 0 radical (unpaired) electrons. The van der Waals surface area contributed by atoms with Gasteiger partial charge in [-0.3, -0.25) is 4.79 Å². The average molecular weight is 304 g/mol. The molecule has 0 saturated carbocycles. The Morgan fingerprint density at radius 3 is 2.80 bits per heavy atom. The van der Waals surface area contributed by atoms with Crippen LogP contribution in [-0.2, 0) is 14.3 Å². The number of hydrogen-bond acceptors (Lipinski definition) is 5. The first-order valence-corrected chi connectivity index (χ1v) is 7.98. The monoisotopic (exact) mass is 304 g/mol. The van der Waals surface area contributed by atoms with E-state index in [1.807, 2.05) is 6.92 Å². The fraction of sp³-hybridized carbons (Fsp3) is 0.846. The molecular formula is C13H24N2O4S. The molecule has 6 nitrogen and oxygen atoms in total. The molecule has 0 aromatic rings. The number of ether oxygens (including phenoxy) is 1. The zero-order valence-electron chi connectivity index (χ0n) is 12.1. The van der Waals surface area contributed by atoms with Crippen LogP contribution < -0.4 is 5.73 Å². The molecule has 1 fully saturated rings. The molecule has 0 aliphatic carbocycles. The van der Waals surface area contributed by atoms with E-state index in [1.54, 1.807) is 7.11 Å². The van der Waals surface area contributed by atoms with Crippen LogP contribution in [-0.4, -0.2) is 58.8 Å². The highest BCUT2D eigenvalue weighted by Gasteiger charge is 2.42. The number of rotatable bonds is 8. The van der Waals surface area contributed by atoms with Crippen molar-refractivity contribution in [2.24, 2.45) is 5.73 Å². The molecule has 1 saturated heterocycles. The SMILES string of the molecule is CCCC1SCC(C(=O)O)N1C(=O)C(N)CCCOC. The van der Waals surface area contributed by atoms with E-state index in [-0.39, 0.29) is 11.3 Å². The normalized spacial score (nSPS) is 23.9. The topological polar surface area (TPSA) is 92.9 Å². The minimum absolute atomic E-state index is 0.0675. The third-order valence-corrected chi connectivity index (χ3v) is 4.70. The molecule has 3 N–H and O–H groups in total. The molecule has 0 aromatic heterocycles. The van der Waals surface area contributed by atoms with Gasteiger partial charge in [0.25, 0.3) is 0 Å². The Morgan fingerprint density at radius 2 is 2.25 bits per heavy atom. The van der Waals surface area contributed by atoms with Crippen molar-refractivity contribution in [1.29, 1.82) is 0 Å². The van der Waals surface area contributed by atoms with Crippen molar-refractivity contribution in [3.8, 4) is 0 Å². The molecule has 1 heterocycles. The Morgan fingerprint density at radius 1 is 1.55 bits per heavy atom. The van der Waals surface area contributed by atoms with Gasteiger partial charge in [0.1, 0.15) is 6.04 Å². The van der Waals surface area contributed by atoms with Crippen LogP contribution in [0.4, 0.5) is 0 Å². The van der Waals surface area contributed by atoms with Crippen LogP contribution in [0.1, 0.15) is 32.6 Å². The molecule has 116 valence electrons. The highest BCUT2D eigenvalue weighted by atomic mass is 32.2. The van der Waals surface area contributed by atoms with Gasteiger partial charge in [0.2, 0.25) is 5.91 Å². The van der Waals surface area contributed by atoms with Gasteiger partial charge in [-0.2, -0.15) is 0 Å². The third-order valence-electron chi connectivity index (χ3n) is 3.35. The molecule has 1 aliphatic rings. The number of carbonyl (C=O) groups is 2. The smallest absolute Gasteiger partial charge is 0.327 e. The molecule has 1 rings (SSSR count). The molecule has 7 heteroatoms. The predicted octanol–water partition coefficient (Wildman–Crippen LogP) is 0.895. The summed E-state index contributed by atoms with van der Waals surface area (Å²) in [6.07, 6.45) is 2.91. The summed E-state index contributed by atoms with van der Waals surface area (Å²) in [6.45, 7) is 2.58. The Balaban J connectivity index is 2.70. The van der Waals surface area contributed by atoms with E-state index in [1.165, 1.54) is 16.7 Å². The fourth-order valence-electron chi connectivity index (χ4n) is 2.28. The molecule has 1 aliphatic heterocycles. The van der Waals surface area contributed by atoms with Crippen LogP contribution in [0.15, 0.2) is 0 Å². The number of nitrogens with zero attached hydrogens (tertiary/aromatic N) is 1. The molecular weight excluding hydrogens is 280 g/mol. The summed E-state index contributed by atoms with van der Waals surface area (Å²) in [5, 5.41) is 9.18. The van der Waals surface area contributed by atoms with E-state index in [2.05, 4.69) is 0 Å². The maximum Gasteiger partial charge on any atom is 0.327 e. The van der Waals surface area contributed by atoms with Crippen molar-refractivity contribution in [1.82, 2.24) is 4.90 Å². The summed E-state index contributed by atoms with van der Waals surface area (Å²) in [4.78, 5) is 25.2. The van der Waals surface area contributed by atoms with E-state index < -0.39 is 18.1 Å². The lowest BCUT2D eigenvalue weighted by atomic mass is 10.1. The average Bonchev–Trinajstić information content (AvgIpc) is 2.82. The van der Waals surface area contributed by atoms with Gasteiger partial charge < -0.3 is 20.5 Å². The number of methoxy groups -OCH3 is 1. The summed E-state index contributed by atoms with van der Waals surface area (Å²) >= 11 is 1.53. The third kappa shape index (κ3) is 4.36. The van der Waals surface area contributed by atoms with Gasteiger partial charge in [-0.25, -0.2) is 4.79 Å². The Kier molecular flexibility index (Phi) is 7.32. The predicted molar refractivity (Wildman–Crippen MR) is 78.5 cm³/mol. The van der Waals surface area contributed by atoms with Crippen LogP contribution in [0.3, 0.4) is 0 Å². The van der Waals surface area contributed by atoms with E-state index in [0.29, 0.717) is 25.2 Å². The number of amides is 1.